The molecule has 18 heavy (non-hydrogen) atoms. The molecule has 0 spiro atoms. The summed E-state index contributed by atoms with van der Waals surface area (Å²) in [4.78, 5) is 0. The Bertz CT molecular complexity index is 424. The second-order valence-electron chi connectivity index (χ2n) is 6.55. The van der Waals surface area contributed by atoms with Gasteiger partial charge in [-0.2, -0.15) is 0 Å². The van der Waals surface area contributed by atoms with E-state index in [1.165, 1.54) is 6.42 Å². The first-order chi connectivity index (χ1) is 8.52. The zero-order chi connectivity index (χ0) is 12.8. The standard InChI is InChI=1S/C16H22O2/c1-15(2)12-8-9-16(17,14(15)10-12)11-18-13-6-4-3-5-7-13/h3-7,12,14,17H,8-11H2,1-2H3. The zero-order valence-corrected chi connectivity index (χ0v) is 11.2. The molecule has 0 saturated heterocycles. The second kappa shape index (κ2) is 3.99. The lowest BCUT2D eigenvalue weighted by Crippen LogP contribution is -2.63. The average Bonchev–Trinajstić information content (AvgIpc) is 2.37. The van der Waals surface area contributed by atoms with Crippen LogP contribution < -0.4 is 4.74 Å². The van der Waals surface area contributed by atoms with Crippen molar-refractivity contribution in [1.82, 2.24) is 0 Å². The van der Waals surface area contributed by atoms with E-state index in [4.69, 9.17) is 4.74 Å². The number of hydrogen-bond donors (Lipinski definition) is 1. The molecule has 2 nitrogen and oxygen atoms in total. The summed E-state index contributed by atoms with van der Waals surface area (Å²) >= 11 is 0. The van der Waals surface area contributed by atoms with E-state index in [0.29, 0.717) is 12.5 Å². The van der Waals surface area contributed by atoms with Crippen LogP contribution in [-0.4, -0.2) is 17.3 Å². The van der Waals surface area contributed by atoms with Crippen molar-refractivity contribution in [3.05, 3.63) is 30.3 Å². The first-order valence-corrected chi connectivity index (χ1v) is 6.92. The van der Waals surface area contributed by atoms with Crippen molar-refractivity contribution in [3.8, 4) is 5.75 Å². The van der Waals surface area contributed by atoms with Gasteiger partial charge in [0, 0.05) is 0 Å². The van der Waals surface area contributed by atoms with Gasteiger partial charge >= 0.3 is 0 Å². The Labute approximate surface area is 109 Å². The molecular formula is C16H22O2. The van der Waals surface area contributed by atoms with Gasteiger partial charge in [0.1, 0.15) is 18.0 Å². The minimum atomic E-state index is -0.631. The number of rotatable bonds is 3. The molecule has 1 aromatic rings. The van der Waals surface area contributed by atoms with Gasteiger partial charge in [-0.25, -0.2) is 0 Å². The van der Waals surface area contributed by atoms with Crippen LogP contribution in [0.1, 0.15) is 33.1 Å². The summed E-state index contributed by atoms with van der Waals surface area (Å²) < 4.78 is 5.79. The van der Waals surface area contributed by atoms with Crippen molar-refractivity contribution in [1.29, 1.82) is 0 Å². The molecule has 3 unspecified atom stereocenters. The number of hydrogen-bond acceptors (Lipinski definition) is 2. The largest absolute Gasteiger partial charge is 0.491 e. The highest BCUT2D eigenvalue weighted by Gasteiger charge is 2.60. The predicted octanol–water partition coefficient (Wildman–Crippen LogP) is 3.25. The topological polar surface area (TPSA) is 29.5 Å². The molecule has 3 aliphatic rings. The van der Waals surface area contributed by atoms with Crippen molar-refractivity contribution in [2.45, 2.75) is 38.7 Å². The minimum Gasteiger partial charge on any atom is -0.491 e. The van der Waals surface area contributed by atoms with Crippen LogP contribution in [0.3, 0.4) is 0 Å². The number of ether oxygens (including phenoxy) is 1. The van der Waals surface area contributed by atoms with E-state index in [1.807, 2.05) is 30.3 Å². The van der Waals surface area contributed by atoms with Gasteiger partial charge in [0.15, 0.2) is 0 Å². The summed E-state index contributed by atoms with van der Waals surface area (Å²) in [6.45, 7) is 5.01. The first kappa shape index (κ1) is 12.0. The van der Waals surface area contributed by atoms with Gasteiger partial charge in [-0.15, -0.1) is 0 Å². The fourth-order valence-electron chi connectivity index (χ4n) is 3.91. The maximum Gasteiger partial charge on any atom is 0.119 e. The molecule has 0 amide bonds. The van der Waals surface area contributed by atoms with Gasteiger partial charge < -0.3 is 9.84 Å². The van der Waals surface area contributed by atoms with Crippen LogP contribution in [0.15, 0.2) is 30.3 Å². The molecule has 2 heteroatoms. The quantitative estimate of drug-likeness (QED) is 0.887. The monoisotopic (exact) mass is 246 g/mol. The smallest absolute Gasteiger partial charge is 0.119 e. The highest BCUT2D eigenvalue weighted by molar-refractivity contribution is 5.21. The van der Waals surface area contributed by atoms with E-state index < -0.39 is 5.60 Å². The van der Waals surface area contributed by atoms with Crippen LogP contribution in [0, 0.1) is 17.3 Å². The molecule has 0 aliphatic heterocycles. The van der Waals surface area contributed by atoms with E-state index in [1.54, 1.807) is 0 Å². The van der Waals surface area contributed by atoms with E-state index in [2.05, 4.69) is 13.8 Å². The summed E-state index contributed by atoms with van der Waals surface area (Å²) in [5.41, 5.74) is -0.346. The molecule has 3 atom stereocenters. The van der Waals surface area contributed by atoms with Crippen molar-refractivity contribution < 1.29 is 9.84 Å². The number of aliphatic hydroxyl groups is 1. The van der Waals surface area contributed by atoms with Crippen LogP contribution in [0.25, 0.3) is 0 Å². The molecule has 0 radical (unpaired) electrons. The Kier molecular flexibility index (Phi) is 2.67. The lowest BCUT2D eigenvalue weighted by atomic mass is 9.44. The van der Waals surface area contributed by atoms with Gasteiger partial charge in [0.2, 0.25) is 0 Å². The Morgan fingerprint density at radius 1 is 1.28 bits per heavy atom. The third-order valence-electron chi connectivity index (χ3n) is 5.28. The first-order valence-electron chi connectivity index (χ1n) is 6.92. The molecule has 1 aromatic carbocycles. The Balaban J connectivity index is 1.68. The van der Waals surface area contributed by atoms with Crippen molar-refractivity contribution in [2.24, 2.45) is 17.3 Å². The van der Waals surface area contributed by atoms with Crippen LogP contribution in [-0.2, 0) is 0 Å². The van der Waals surface area contributed by atoms with Crippen LogP contribution >= 0.6 is 0 Å². The predicted molar refractivity (Wildman–Crippen MR) is 71.5 cm³/mol. The molecule has 0 aromatic heterocycles. The van der Waals surface area contributed by atoms with E-state index >= 15 is 0 Å². The number of benzene rings is 1. The molecule has 98 valence electrons. The van der Waals surface area contributed by atoms with Gasteiger partial charge in [-0.3, -0.25) is 0 Å². The molecule has 3 fully saturated rings. The highest BCUT2D eigenvalue weighted by Crippen LogP contribution is 2.62. The average molecular weight is 246 g/mol. The zero-order valence-electron chi connectivity index (χ0n) is 11.2. The fraction of sp³-hybridized carbons (Fsp3) is 0.625. The van der Waals surface area contributed by atoms with Crippen molar-refractivity contribution in [3.63, 3.8) is 0 Å². The van der Waals surface area contributed by atoms with E-state index in [0.717, 1.165) is 24.5 Å². The lowest BCUT2D eigenvalue weighted by Gasteiger charge is -2.63. The van der Waals surface area contributed by atoms with Crippen molar-refractivity contribution in [2.75, 3.05) is 6.61 Å². The highest BCUT2D eigenvalue weighted by atomic mass is 16.5. The Hall–Kier alpha value is -1.02. The Morgan fingerprint density at radius 3 is 2.61 bits per heavy atom. The summed E-state index contributed by atoms with van der Waals surface area (Å²) in [6, 6.07) is 9.79. The Morgan fingerprint density at radius 2 is 2.00 bits per heavy atom. The normalized spacial score (nSPS) is 36.8. The molecule has 4 rings (SSSR count). The van der Waals surface area contributed by atoms with Crippen molar-refractivity contribution >= 4 is 0 Å². The maximum absolute atomic E-state index is 10.8. The molecule has 0 heterocycles. The van der Waals surface area contributed by atoms with Gasteiger partial charge in [0.25, 0.3) is 0 Å². The third kappa shape index (κ3) is 1.74. The summed E-state index contributed by atoms with van der Waals surface area (Å²) in [5, 5.41) is 10.8. The fourth-order valence-corrected chi connectivity index (χ4v) is 3.91. The summed E-state index contributed by atoms with van der Waals surface area (Å²) in [7, 11) is 0. The van der Waals surface area contributed by atoms with Gasteiger partial charge in [-0.05, 0) is 48.6 Å². The summed E-state index contributed by atoms with van der Waals surface area (Å²) in [5.74, 6) is 2.05. The SMILES string of the molecule is CC1(C)C2CCC(O)(COc3ccccc3)C1C2. The van der Waals surface area contributed by atoms with Gasteiger partial charge in [0.05, 0.1) is 0 Å². The van der Waals surface area contributed by atoms with Crippen LogP contribution in [0.2, 0.25) is 0 Å². The van der Waals surface area contributed by atoms with E-state index in [9.17, 15) is 5.11 Å². The lowest BCUT2D eigenvalue weighted by molar-refractivity contribution is -0.212. The van der Waals surface area contributed by atoms with Crippen LogP contribution in [0.4, 0.5) is 0 Å². The van der Waals surface area contributed by atoms with Gasteiger partial charge in [-0.1, -0.05) is 32.0 Å². The molecule has 1 N–H and O–H groups in total. The summed E-state index contributed by atoms with van der Waals surface area (Å²) in [6.07, 6.45) is 3.19. The number of para-hydroxylation sites is 1. The maximum atomic E-state index is 10.8. The number of fused-ring (bicyclic) bond motifs is 2. The second-order valence-corrected chi connectivity index (χ2v) is 6.55. The molecule has 3 aliphatic carbocycles. The third-order valence-corrected chi connectivity index (χ3v) is 5.28. The minimum absolute atomic E-state index is 0.285. The van der Waals surface area contributed by atoms with E-state index in [-0.39, 0.29) is 5.41 Å². The molecular weight excluding hydrogens is 224 g/mol. The van der Waals surface area contributed by atoms with Crippen LogP contribution in [0.5, 0.6) is 5.75 Å². The molecule has 2 bridgehead atoms. The molecule has 3 saturated carbocycles.